The number of phenols is 1. The van der Waals surface area contributed by atoms with E-state index < -0.39 is 0 Å². The minimum Gasteiger partial charge on any atom is -0.507 e. The Morgan fingerprint density at radius 1 is 1.29 bits per heavy atom. The first-order valence-electron chi connectivity index (χ1n) is 4.85. The Kier molecular flexibility index (Phi) is 3.49. The topological polar surface area (TPSA) is 72.3 Å². The molecule has 0 unspecified atom stereocenters. The van der Waals surface area contributed by atoms with Gasteiger partial charge in [-0.05, 0) is 11.5 Å². The van der Waals surface area contributed by atoms with Crippen LogP contribution in [0.3, 0.4) is 0 Å². The van der Waals surface area contributed by atoms with Gasteiger partial charge in [-0.25, -0.2) is 0 Å². The number of hydrogen-bond donors (Lipinski definition) is 3. The molecule has 0 spiro atoms. The number of nitrogens with two attached hydrogens (primary N) is 2. The van der Waals surface area contributed by atoms with E-state index in [0.29, 0.717) is 18.2 Å². The Morgan fingerprint density at radius 3 is 2.36 bits per heavy atom. The summed E-state index contributed by atoms with van der Waals surface area (Å²) in [6, 6.07) is 5.35. The lowest BCUT2D eigenvalue weighted by Crippen LogP contribution is -2.21. The smallest absolute Gasteiger partial charge is 0.123 e. The van der Waals surface area contributed by atoms with Crippen LogP contribution in [0.5, 0.6) is 5.75 Å². The lowest BCUT2D eigenvalue weighted by atomic mass is 9.96. The molecule has 5 N–H and O–H groups in total. The van der Waals surface area contributed by atoms with Gasteiger partial charge in [-0.2, -0.15) is 0 Å². The number of rotatable bonds is 3. The molecule has 1 aromatic rings. The summed E-state index contributed by atoms with van der Waals surface area (Å²) < 4.78 is 0. The summed E-state index contributed by atoms with van der Waals surface area (Å²) in [7, 11) is 0. The monoisotopic (exact) mass is 194 g/mol. The molecule has 0 aromatic heterocycles. The van der Waals surface area contributed by atoms with Gasteiger partial charge in [0.2, 0.25) is 0 Å². The zero-order chi connectivity index (χ0) is 10.7. The summed E-state index contributed by atoms with van der Waals surface area (Å²) in [5.74, 6) is 0.584. The second kappa shape index (κ2) is 4.44. The third-order valence-electron chi connectivity index (χ3n) is 2.37. The van der Waals surface area contributed by atoms with Gasteiger partial charge in [0.05, 0.1) is 0 Å². The van der Waals surface area contributed by atoms with Gasteiger partial charge in [-0.15, -0.1) is 0 Å². The predicted molar refractivity (Wildman–Crippen MR) is 58.2 cm³/mol. The summed E-state index contributed by atoms with van der Waals surface area (Å²) in [4.78, 5) is 0. The molecule has 0 aliphatic carbocycles. The van der Waals surface area contributed by atoms with Crippen LogP contribution < -0.4 is 11.5 Å². The Hall–Kier alpha value is -1.06. The Labute approximate surface area is 84.7 Å². The van der Waals surface area contributed by atoms with Crippen LogP contribution in [-0.4, -0.2) is 11.7 Å². The maximum atomic E-state index is 9.93. The second-order valence-electron chi connectivity index (χ2n) is 3.78. The van der Waals surface area contributed by atoms with E-state index in [-0.39, 0.29) is 6.04 Å². The van der Waals surface area contributed by atoms with Gasteiger partial charge < -0.3 is 16.6 Å². The first kappa shape index (κ1) is 11.0. The number of aromatic hydroxyl groups is 1. The first-order chi connectivity index (χ1) is 6.57. The van der Waals surface area contributed by atoms with Crippen molar-refractivity contribution >= 4 is 0 Å². The highest BCUT2D eigenvalue weighted by Crippen LogP contribution is 2.31. The molecule has 1 atom stereocenters. The highest BCUT2D eigenvalue weighted by Gasteiger charge is 2.13. The van der Waals surface area contributed by atoms with Crippen LogP contribution in [0.15, 0.2) is 18.2 Å². The van der Waals surface area contributed by atoms with Gasteiger partial charge in [0.15, 0.2) is 0 Å². The lowest BCUT2D eigenvalue weighted by molar-refractivity contribution is 0.452. The molecule has 78 valence electrons. The standard InChI is InChI=1S/C11H18N2O/c1-7(2)8-4-3-5-9(11(8)14)10(13)6-12/h3-5,7,10,14H,6,12-13H2,1-2H3/t10-/m0/s1. The van der Waals surface area contributed by atoms with E-state index in [0.717, 1.165) is 11.1 Å². The highest BCUT2D eigenvalue weighted by molar-refractivity contribution is 5.43. The molecule has 0 aliphatic rings. The van der Waals surface area contributed by atoms with Gasteiger partial charge in [0.1, 0.15) is 5.75 Å². The zero-order valence-corrected chi connectivity index (χ0v) is 8.70. The van der Waals surface area contributed by atoms with E-state index in [1.165, 1.54) is 0 Å². The van der Waals surface area contributed by atoms with Crippen LogP contribution in [0.2, 0.25) is 0 Å². The number of para-hydroxylation sites is 1. The maximum absolute atomic E-state index is 9.93. The van der Waals surface area contributed by atoms with Crippen LogP contribution in [0.4, 0.5) is 0 Å². The Balaban J connectivity index is 3.13. The van der Waals surface area contributed by atoms with Crippen molar-refractivity contribution in [1.82, 2.24) is 0 Å². The molecule has 0 amide bonds. The Bertz CT molecular complexity index is 310. The Morgan fingerprint density at radius 2 is 1.86 bits per heavy atom. The molecule has 3 heteroatoms. The number of hydrogen-bond acceptors (Lipinski definition) is 3. The molecular formula is C11H18N2O. The number of phenolic OH excluding ortho intramolecular Hbond substituents is 1. The van der Waals surface area contributed by atoms with Gasteiger partial charge in [0, 0.05) is 18.2 Å². The summed E-state index contributed by atoms with van der Waals surface area (Å²) in [6.45, 7) is 4.41. The molecule has 1 rings (SSSR count). The summed E-state index contributed by atoms with van der Waals surface area (Å²) in [5, 5.41) is 9.93. The van der Waals surface area contributed by atoms with Crippen molar-refractivity contribution in [3.8, 4) is 5.75 Å². The van der Waals surface area contributed by atoms with Crippen molar-refractivity contribution in [2.45, 2.75) is 25.8 Å². The fraction of sp³-hybridized carbons (Fsp3) is 0.455. The molecule has 0 bridgehead atoms. The zero-order valence-electron chi connectivity index (χ0n) is 8.70. The molecular weight excluding hydrogens is 176 g/mol. The van der Waals surface area contributed by atoms with E-state index >= 15 is 0 Å². The average Bonchev–Trinajstić information content (AvgIpc) is 2.16. The first-order valence-corrected chi connectivity index (χ1v) is 4.85. The second-order valence-corrected chi connectivity index (χ2v) is 3.78. The summed E-state index contributed by atoms with van der Waals surface area (Å²) in [5.41, 5.74) is 12.9. The summed E-state index contributed by atoms with van der Waals surface area (Å²) in [6.07, 6.45) is 0. The van der Waals surface area contributed by atoms with Gasteiger partial charge in [-0.3, -0.25) is 0 Å². The molecule has 1 aromatic carbocycles. The van der Waals surface area contributed by atoms with Crippen molar-refractivity contribution in [3.05, 3.63) is 29.3 Å². The van der Waals surface area contributed by atoms with Gasteiger partial charge in [-0.1, -0.05) is 32.0 Å². The lowest BCUT2D eigenvalue weighted by Gasteiger charge is -2.15. The molecule has 0 fully saturated rings. The third kappa shape index (κ3) is 2.05. The fourth-order valence-electron chi connectivity index (χ4n) is 1.47. The van der Waals surface area contributed by atoms with E-state index in [2.05, 4.69) is 0 Å². The van der Waals surface area contributed by atoms with Crippen molar-refractivity contribution in [1.29, 1.82) is 0 Å². The van der Waals surface area contributed by atoms with Gasteiger partial charge >= 0.3 is 0 Å². The van der Waals surface area contributed by atoms with Crippen molar-refractivity contribution in [2.75, 3.05) is 6.54 Å². The molecule has 0 saturated heterocycles. The molecule has 3 nitrogen and oxygen atoms in total. The fourth-order valence-corrected chi connectivity index (χ4v) is 1.47. The van der Waals surface area contributed by atoms with Crippen LogP contribution in [0.1, 0.15) is 36.9 Å². The predicted octanol–water partition coefficient (Wildman–Crippen LogP) is 1.47. The van der Waals surface area contributed by atoms with Crippen LogP contribution in [-0.2, 0) is 0 Å². The van der Waals surface area contributed by atoms with Crippen molar-refractivity contribution in [2.24, 2.45) is 11.5 Å². The average molecular weight is 194 g/mol. The SMILES string of the molecule is CC(C)c1cccc([C@@H](N)CN)c1O. The minimum atomic E-state index is -0.284. The largest absolute Gasteiger partial charge is 0.507 e. The quantitative estimate of drug-likeness (QED) is 0.682. The molecule has 0 aliphatic heterocycles. The summed E-state index contributed by atoms with van der Waals surface area (Å²) >= 11 is 0. The third-order valence-corrected chi connectivity index (χ3v) is 2.37. The molecule has 0 saturated carbocycles. The molecule has 14 heavy (non-hydrogen) atoms. The highest BCUT2D eigenvalue weighted by atomic mass is 16.3. The van der Waals surface area contributed by atoms with E-state index in [1.54, 1.807) is 0 Å². The van der Waals surface area contributed by atoms with Crippen molar-refractivity contribution < 1.29 is 5.11 Å². The van der Waals surface area contributed by atoms with Crippen LogP contribution >= 0.6 is 0 Å². The van der Waals surface area contributed by atoms with Crippen LogP contribution in [0.25, 0.3) is 0 Å². The van der Waals surface area contributed by atoms with Gasteiger partial charge in [0.25, 0.3) is 0 Å². The van der Waals surface area contributed by atoms with E-state index in [9.17, 15) is 5.11 Å². The van der Waals surface area contributed by atoms with Crippen LogP contribution in [0, 0.1) is 0 Å². The normalized spacial score (nSPS) is 13.2. The van der Waals surface area contributed by atoms with Crippen molar-refractivity contribution in [3.63, 3.8) is 0 Å². The number of benzene rings is 1. The minimum absolute atomic E-state index is 0.284. The van der Waals surface area contributed by atoms with E-state index in [1.807, 2.05) is 32.0 Å². The molecule has 0 radical (unpaired) electrons. The molecule has 0 heterocycles. The van der Waals surface area contributed by atoms with E-state index in [4.69, 9.17) is 11.5 Å². The maximum Gasteiger partial charge on any atom is 0.123 e.